The maximum atomic E-state index is 12.0. The molecule has 1 aromatic heterocycles. The van der Waals surface area contributed by atoms with Crippen molar-refractivity contribution in [3.63, 3.8) is 0 Å². The Hall–Kier alpha value is -2.05. The van der Waals surface area contributed by atoms with E-state index in [0.29, 0.717) is 10.7 Å². The van der Waals surface area contributed by atoms with Gasteiger partial charge in [-0.1, -0.05) is 23.2 Å². The van der Waals surface area contributed by atoms with Gasteiger partial charge in [-0.15, -0.1) is 0 Å². The Labute approximate surface area is 130 Å². The van der Waals surface area contributed by atoms with Gasteiger partial charge in [0.05, 0.1) is 13.4 Å². The van der Waals surface area contributed by atoms with Gasteiger partial charge in [0, 0.05) is 10.7 Å². The average Bonchev–Trinajstić information content (AvgIpc) is 2.45. The lowest BCUT2D eigenvalue weighted by atomic mass is 10.3. The predicted octanol–water partition coefficient (Wildman–Crippen LogP) is 2.20. The molecule has 1 N–H and O–H groups in total. The first-order valence-corrected chi connectivity index (χ1v) is 6.61. The van der Waals surface area contributed by atoms with E-state index in [1.54, 1.807) is 24.3 Å². The average molecular weight is 328 g/mol. The number of methoxy groups -OCH3 is 1. The third-order valence-corrected chi connectivity index (χ3v) is 3.12. The fourth-order valence-electron chi connectivity index (χ4n) is 1.62. The van der Waals surface area contributed by atoms with E-state index in [2.05, 4.69) is 10.3 Å². The fraction of sp³-hybridized carbons (Fsp3) is 0.154. The Morgan fingerprint density at radius 2 is 2.00 bits per heavy atom. The number of anilines is 1. The minimum Gasteiger partial charge on any atom is -0.489 e. The van der Waals surface area contributed by atoms with Crippen molar-refractivity contribution in [2.75, 3.05) is 12.4 Å². The number of carbonyl (C=O) groups excluding carboxylic acids is 1. The van der Waals surface area contributed by atoms with Crippen molar-refractivity contribution in [2.45, 2.75) is 6.54 Å². The lowest BCUT2D eigenvalue weighted by Crippen LogP contribution is -2.28. The molecule has 8 heteroatoms. The largest absolute Gasteiger partial charge is 0.489 e. The number of ether oxygens (including phenoxy) is 1. The van der Waals surface area contributed by atoms with Crippen molar-refractivity contribution in [2.24, 2.45) is 0 Å². The minimum absolute atomic E-state index is 0.0446. The number of hydrogen-bond donors (Lipinski definition) is 1. The number of hydrogen-bond acceptors (Lipinski definition) is 4. The molecule has 110 valence electrons. The van der Waals surface area contributed by atoms with Gasteiger partial charge in [0.1, 0.15) is 6.54 Å². The molecule has 1 aromatic carbocycles. The Morgan fingerprint density at radius 1 is 1.33 bits per heavy atom. The van der Waals surface area contributed by atoms with Gasteiger partial charge >= 0.3 is 0 Å². The Kier molecular flexibility index (Phi) is 4.82. The van der Waals surface area contributed by atoms with Crippen molar-refractivity contribution in [1.29, 1.82) is 0 Å². The fourth-order valence-corrected chi connectivity index (χ4v) is 1.95. The quantitative estimate of drug-likeness (QED) is 0.873. The number of aromatic nitrogens is 2. The number of benzene rings is 1. The SMILES string of the molecule is COc1c(Cl)ncn(CC(=O)Nc2ccc(Cl)cc2)c1=O. The van der Waals surface area contributed by atoms with E-state index in [-0.39, 0.29) is 23.4 Å². The first kappa shape index (κ1) is 15.3. The number of nitrogens with one attached hydrogen (secondary N) is 1. The minimum atomic E-state index is -0.524. The highest BCUT2D eigenvalue weighted by molar-refractivity contribution is 6.31. The van der Waals surface area contributed by atoms with Crippen LogP contribution < -0.4 is 15.6 Å². The van der Waals surface area contributed by atoms with Crippen molar-refractivity contribution >= 4 is 34.8 Å². The second kappa shape index (κ2) is 6.60. The summed E-state index contributed by atoms with van der Waals surface area (Å²) >= 11 is 11.5. The molecule has 0 radical (unpaired) electrons. The summed E-state index contributed by atoms with van der Waals surface area (Å²) in [7, 11) is 1.31. The summed E-state index contributed by atoms with van der Waals surface area (Å²) in [5.41, 5.74) is 0.0510. The predicted molar refractivity (Wildman–Crippen MR) is 80.1 cm³/mol. The number of nitrogens with zero attached hydrogens (tertiary/aromatic N) is 2. The smallest absolute Gasteiger partial charge is 0.297 e. The number of carbonyl (C=O) groups is 1. The maximum Gasteiger partial charge on any atom is 0.297 e. The zero-order chi connectivity index (χ0) is 15.4. The molecule has 0 saturated carbocycles. The van der Waals surface area contributed by atoms with Crippen LogP contribution in [-0.2, 0) is 11.3 Å². The second-order valence-corrected chi connectivity index (χ2v) is 4.85. The Bertz CT molecular complexity index is 714. The molecule has 1 amide bonds. The molecule has 0 atom stereocenters. The van der Waals surface area contributed by atoms with E-state index < -0.39 is 5.56 Å². The van der Waals surface area contributed by atoms with Gasteiger partial charge in [0.2, 0.25) is 11.7 Å². The zero-order valence-corrected chi connectivity index (χ0v) is 12.5. The molecule has 2 rings (SSSR count). The van der Waals surface area contributed by atoms with E-state index in [1.165, 1.54) is 13.4 Å². The van der Waals surface area contributed by atoms with E-state index in [1.807, 2.05) is 0 Å². The van der Waals surface area contributed by atoms with Crippen molar-refractivity contribution in [3.05, 3.63) is 51.1 Å². The number of halogens is 2. The van der Waals surface area contributed by atoms with E-state index in [9.17, 15) is 9.59 Å². The highest BCUT2D eigenvalue weighted by Crippen LogP contribution is 2.15. The lowest BCUT2D eigenvalue weighted by Gasteiger charge is -2.09. The summed E-state index contributed by atoms with van der Waals surface area (Å²) < 4.78 is 5.96. The van der Waals surface area contributed by atoms with E-state index in [4.69, 9.17) is 27.9 Å². The highest BCUT2D eigenvalue weighted by atomic mass is 35.5. The molecule has 6 nitrogen and oxygen atoms in total. The van der Waals surface area contributed by atoms with Crippen LogP contribution in [0.2, 0.25) is 10.2 Å². The highest BCUT2D eigenvalue weighted by Gasteiger charge is 2.12. The number of rotatable bonds is 4. The van der Waals surface area contributed by atoms with Crippen LogP contribution in [0.4, 0.5) is 5.69 Å². The summed E-state index contributed by atoms with van der Waals surface area (Å²) in [6, 6.07) is 6.61. The Balaban J connectivity index is 2.13. The lowest BCUT2D eigenvalue weighted by molar-refractivity contribution is -0.116. The molecular weight excluding hydrogens is 317 g/mol. The second-order valence-electron chi connectivity index (χ2n) is 4.06. The number of amides is 1. The topological polar surface area (TPSA) is 73.2 Å². The van der Waals surface area contributed by atoms with Gasteiger partial charge in [-0.2, -0.15) is 0 Å². The summed E-state index contributed by atoms with van der Waals surface area (Å²) in [4.78, 5) is 27.7. The summed E-state index contributed by atoms with van der Waals surface area (Å²) in [6.45, 7) is -0.206. The van der Waals surface area contributed by atoms with Crippen LogP contribution in [0.5, 0.6) is 5.75 Å². The molecule has 0 bridgehead atoms. The van der Waals surface area contributed by atoms with Gasteiger partial charge < -0.3 is 10.1 Å². The van der Waals surface area contributed by atoms with Crippen LogP contribution >= 0.6 is 23.2 Å². The van der Waals surface area contributed by atoms with Gasteiger partial charge in [-0.3, -0.25) is 14.2 Å². The third kappa shape index (κ3) is 3.74. The van der Waals surface area contributed by atoms with Gasteiger partial charge in [-0.05, 0) is 24.3 Å². The maximum absolute atomic E-state index is 12.0. The Morgan fingerprint density at radius 3 is 2.62 bits per heavy atom. The van der Waals surface area contributed by atoms with Crippen LogP contribution in [0, 0.1) is 0 Å². The standard InChI is InChI=1S/C13H11Cl2N3O3/c1-21-11-12(15)16-7-18(13(11)20)6-10(19)17-9-4-2-8(14)3-5-9/h2-5,7H,6H2,1H3,(H,17,19). The van der Waals surface area contributed by atoms with Crippen LogP contribution in [0.25, 0.3) is 0 Å². The van der Waals surface area contributed by atoms with Gasteiger partial charge in [-0.25, -0.2) is 4.98 Å². The normalized spacial score (nSPS) is 10.2. The summed E-state index contributed by atoms with van der Waals surface area (Å²) in [6.07, 6.45) is 1.19. The summed E-state index contributed by atoms with van der Waals surface area (Å²) in [5.74, 6) is -0.482. The molecule has 0 spiro atoms. The monoisotopic (exact) mass is 327 g/mol. The van der Waals surface area contributed by atoms with Gasteiger partial charge in [0.25, 0.3) is 5.56 Å². The van der Waals surface area contributed by atoms with Crippen LogP contribution in [0.15, 0.2) is 35.4 Å². The molecule has 0 aliphatic carbocycles. The molecule has 0 saturated heterocycles. The van der Waals surface area contributed by atoms with Crippen molar-refractivity contribution < 1.29 is 9.53 Å². The molecule has 21 heavy (non-hydrogen) atoms. The molecule has 0 fully saturated rings. The zero-order valence-electron chi connectivity index (χ0n) is 11.0. The van der Waals surface area contributed by atoms with Crippen LogP contribution in [-0.4, -0.2) is 22.6 Å². The third-order valence-electron chi connectivity index (χ3n) is 2.60. The molecule has 0 aliphatic rings. The molecule has 0 aliphatic heterocycles. The first-order chi connectivity index (χ1) is 10.0. The van der Waals surface area contributed by atoms with Crippen molar-refractivity contribution in [1.82, 2.24) is 9.55 Å². The molecule has 1 heterocycles. The van der Waals surface area contributed by atoms with E-state index in [0.717, 1.165) is 4.57 Å². The molecule has 0 unspecified atom stereocenters. The first-order valence-electron chi connectivity index (χ1n) is 5.85. The molecule has 2 aromatic rings. The molecular formula is C13H11Cl2N3O3. The van der Waals surface area contributed by atoms with Crippen molar-refractivity contribution in [3.8, 4) is 5.75 Å². The van der Waals surface area contributed by atoms with E-state index >= 15 is 0 Å². The van der Waals surface area contributed by atoms with Gasteiger partial charge in [0.15, 0.2) is 5.15 Å². The summed E-state index contributed by atoms with van der Waals surface area (Å²) in [5, 5.41) is 3.16. The van der Waals surface area contributed by atoms with Crippen LogP contribution in [0.3, 0.4) is 0 Å². The van der Waals surface area contributed by atoms with Crippen LogP contribution in [0.1, 0.15) is 0 Å².